The van der Waals surface area contributed by atoms with Gasteiger partial charge in [-0.25, -0.2) is 8.42 Å². The fourth-order valence-electron chi connectivity index (χ4n) is 0.588. The molecule has 0 bridgehead atoms. The fourth-order valence-corrected chi connectivity index (χ4v) is 1.21. The molecule has 0 atom stereocenters. The smallest absolute Gasteiger partial charge is 0.286 e. The molecule has 2 heterocycles. The van der Waals surface area contributed by atoms with E-state index in [4.69, 9.17) is 23.7 Å². The second-order valence-electron chi connectivity index (χ2n) is 2.55. The Bertz CT molecular complexity index is 613. The predicted octanol–water partition coefficient (Wildman–Crippen LogP) is 0.775. The van der Waals surface area contributed by atoms with Gasteiger partial charge in [0.05, 0.1) is 6.20 Å². The second-order valence-corrected chi connectivity index (χ2v) is 7.11. The average molecular weight is 351 g/mol. The summed E-state index contributed by atoms with van der Waals surface area (Å²) in [6.45, 7) is 0. The van der Waals surface area contributed by atoms with E-state index in [0.29, 0.717) is 0 Å². The Kier molecular flexibility index (Phi) is 7.63. The largest absolute Gasteiger partial charge is 0.353 e. The normalized spacial score (nSPS) is 10.7. The highest BCUT2D eigenvalue weighted by atomic mass is 35.7. The van der Waals surface area contributed by atoms with Crippen molar-refractivity contribution in [2.75, 3.05) is 0 Å². The lowest BCUT2D eigenvalue weighted by Crippen LogP contribution is -1.85. The molecule has 0 aliphatic carbocycles. The molecule has 2 rings (SSSR count). The van der Waals surface area contributed by atoms with Crippen LogP contribution in [0.5, 0.6) is 0 Å². The summed E-state index contributed by atoms with van der Waals surface area (Å²) >= 11 is 0. The SMILES string of the molecule is O=S(=O)(Cl)c1cn[nH]c1.O=S(=O)(O)Cl.c1cn[nH]c1. The van der Waals surface area contributed by atoms with Gasteiger partial charge in [0.2, 0.25) is 0 Å². The predicted molar refractivity (Wildman–Crippen MR) is 67.6 cm³/mol. The molecule has 0 amide bonds. The lowest BCUT2D eigenvalue weighted by molar-refractivity contribution is 0.501. The van der Waals surface area contributed by atoms with E-state index < -0.39 is 18.4 Å². The van der Waals surface area contributed by atoms with Gasteiger partial charge in [0.25, 0.3) is 9.05 Å². The van der Waals surface area contributed by atoms with Crippen molar-refractivity contribution in [1.29, 1.82) is 0 Å². The van der Waals surface area contributed by atoms with E-state index >= 15 is 0 Å². The van der Waals surface area contributed by atoms with Crippen LogP contribution in [0, 0.1) is 0 Å². The summed E-state index contributed by atoms with van der Waals surface area (Å²) in [6.07, 6.45) is 5.81. The van der Waals surface area contributed by atoms with Crippen LogP contribution in [-0.4, -0.2) is 41.8 Å². The molecular weight excluding hydrogens is 343 g/mol. The molecule has 0 radical (unpaired) electrons. The zero-order valence-electron chi connectivity index (χ0n) is 8.93. The summed E-state index contributed by atoms with van der Waals surface area (Å²) in [7, 11) is 1.19. The monoisotopic (exact) mass is 350 g/mol. The van der Waals surface area contributed by atoms with Crippen LogP contribution in [-0.2, 0) is 18.4 Å². The maximum atomic E-state index is 10.4. The summed E-state index contributed by atoms with van der Waals surface area (Å²) in [4.78, 5) is -0.0100. The minimum Gasteiger partial charge on any atom is -0.286 e. The van der Waals surface area contributed by atoms with E-state index in [1.807, 2.05) is 6.07 Å². The first-order valence-corrected chi connectivity index (χ1v) is 8.72. The molecule has 2 aromatic rings. The highest BCUT2D eigenvalue weighted by Crippen LogP contribution is 2.10. The van der Waals surface area contributed by atoms with Crippen molar-refractivity contribution in [3.05, 3.63) is 30.9 Å². The van der Waals surface area contributed by atoms with Gasteiger partial charge < -0.3 is 0 Å². The van der Waals surface area contributed by atoms with E-state index in [-0.39, 0.29) is 4.90 Å². The summed E-state index contributed by atoms with van der Waals surface area (Å²) in [5, 5.41) is 11.9. The van der Waals surface area contributed by atoms with Gasteiger partial charge in [0.15, 0.2) is 0 Å². The third-order valence-electron chi connectivity index (χ3n) is 1.16. The Morgan fingerprint density at radius 3 is 1.84 bits per heavy atom. The molecule has 2 aromatic heterocycles. The van der Waals surface area contributed by atoms with Crippen LogP contribution < -0.4 is 0 Å². The summed E-state index contributed by atoms with van der Waals surface area (Å²) in [5.41, 5.74) is 0. The molecule has 9 nitrogen and oxygen atoms in total. The van der Waals surface area contributed by atoms with Crippen LogP contribution in [0.1, 0.15) is 0 Å². The van der Waals surface area contributed by atoms with Crippen molar-refractivity contribution < 1.29 is 21.4 Å². The first kappa shape index (κ1) is 17.9. The van der Waals surface area contributed by atoms with Gasteiger partial charge in [0, 0.05) is 40.0 Å². The molecule has 13 heteroatoms. The Morgan fingerprint density at radius 2 is 1.68 bits per heavy atom. The topological polar surface area (TPSA) is 146 Å². The fraction of sp³-hybridized carbons (Fsp3) is 0. The zero-order chi connectivity index (χ0) is 14.9. The third-order valence-corrected chi connectivity index (χ3v) is 2.48. The molecule has 0 unspecified atom stereocenters. The molecule has 0 aliphatic rings. The van der Waals surface area contributed by atoms with E-state index in [1.165, 1.54) is 6.20 Å². The van der Waals surface area contributed by atoms with Crippen molar-refractivity contribution in [1.82, 2.24) is 20.4 Å². The molecule has 0 spiro atoms. The molecule has 108 valence electrons. The number of nitrogens with zero attached hydrogens (tertiary/aromatic N) is 2. The molecule has 0 aromatic carbocycles. The highest BCUT2D eigenvalue weighted by molar-refractivity contribution is 8.13. The maximum Gasteiger partial charge on any atom is 0.353 e. The first-order valence-electron chi connectivity index (χ1n) is 4.15. The Hall–Kier alpha value is -1.14. The molecule has 0 aliphatic heterocycles. The summed E-state index contributed by atoms with van der Waals surface area (Å²) < 4.78 is 46.0. The van der Waals surface area contributed by atoms with Gasteiger partial charge in [-0.1, -0.05) is 0 Å². The number of hydrogen-bond acceptors (Lipinski definition) is 6. The Balaban J connectivity index is 0.000000278. The van der Waals surface area contributed by atoms with Gasteiger partial charge in [-0.2, -0.15) is 18.6 Å². The van der Waals surface area contributed by atoms with Gasteiger partial charge in [-0.15, -0.1) is 0 Å². The number of nitrogens with one attached hydrogen (secondary N) is 2. The minimum atomic E-state index is -4.19. The van der Waals surface area contributed by atoms with Crippen LogP contribution >= 0.6 is 21.4 Å². The maximum absolute atomic E-state index is 10.4. The van der Waals surface area contributed by atoms with Crippen LogP contribution in [0.25, 0.3) is 0 Å². The second kappa shape index (κ2) is 8.12. The molecule has 0 saturated heterocycles. The minimum absolute atomic E-state index is 0.0100. The highest BCUT2D eigenvalue weighted by Gasteiger charge is 2.09. The van der Waals surface area contributed by atoms with E-state index in [0.717, 1.165) is 6.20 Å². The van der Waals surface area contributed by atoms with Gasteiger partial charge in [-0.05, 0) is 6.07 Å². The standard InChI is InChI=1S/C3H3ClN2O2S.C3H4N2.ClHO3S/c4-9(7,8)3-1-5-6-2-3;1-2-4-5-3-1;1-5(2,3)4/h1-2H,(H,5,6);1-3H,(H,4,5);(H,2,3,4). The van der Waals surface area contributed by atoms with Crippen LogP contribution in [0.4, 0.5) is 0 Å². The number of rotatable bonds is 1. The number of aromatic amines is 2. The van der Waals surface area contributed by atoms with Crippen LogP contribution in [0.3, 0.4) is 0 Å². The van der Waals surface area contributed by atoms with E-state index in [9.17, 15) is 8.42 Å². The Morgan fingerprint density at radius 1 is 1.11 bits per heavy atom. The quantitative estimate of drug-likeness (QED) is 0.508. The number of halogens is 2. The molecular formula is C6H8Cl2N4O5S2. The van der Waals surface area contributed by atoms with Crippen LogP contribution in [0.15, 0.2) is 35.7 Å². The zero-order valence-corrected chi connectivity index (χ0v) is 12.1. The summed E-state index contributed by atoms with van der Waals surface area (Å²) in [5.74, 6) is 0. The van der Waals surface area contributed by atoms with E-state index in [1.54, 1.807) is 12.4 Å². The average Bonchev–Trinajstić information content (AvgIpc) is 2.91. The number of aromatic nitrogens is 4. The van der Waals surface area contributed by atoms with Crippen molar-refractivity contribution in [2.24, 2.45) is 0 Å². The third kappa shape index (κ3) is 13.1. The lowest BCUT2D eigenvalue weighted by atomic mass is 10.7. The van der Waals surface area contributed by atoms with Gasteiger partial charge in [-0.3, -0.25) is 14.8 Å². The van der Waals surface area contributed by atoms with Gasteiger partial charge >= 0.3 is 9.33 Å². The van der Waals surface area contributed by atoms with Crippen molar-refractivity contribution in [3.63, 3.8) is 0 Å². The van der Waals surface area contributed by atoms with Crippen molar-refractivity contribution in [3.8, 4) is 0 Å². The lowest BCUT2D eigenvalue weighted by Gasteiger charge is -1.81. The van der Waals surface area contributed by atoms with E-state index in [2.05, 4.69) is 31.1 Å². The van der Waals surface area contributed by atoms with Crippen LogP contribution in [0.2, 0.25) is 0 Å². The number of H-pyrrole nitrogens is 2. The van der Waals surface area contributed by atoms with Crippen molar-refractivity contribution >= 4 is 39.7 Å². The molecule has 19 heavy (non-hydrogen) atoms. The molecule has 0 saturated carbocycles. The molecule has 3 N–H and O–H groups in total. The van der Waals surface area contributed by atoms with Gasteiger partial charge in [0.1, 0.15) is 4.90 Å². The molecule has 0 fully saturated rings. The number of hydrogen-bond donors (Lipinski definition) is 3. The summed E-state index contributed by atoms with van der Waals surface area (Å²) in [6, 6.07) is 1.83. The Labute approximate surface area is 117 Å². The van der Waals surface area contributed by atoms with Crippen molar-refractivity contribution in [2.45, 2.75) is 4.90 Å². The first-order chi connectivity index (χ1) is 8.61.